The minimum Gasteiger partial charge on any atom is -0.426 e. The van der Waals surface area contributed by atoms with Gasteiger partial charge in [0, 0.05) is 19.5 Å². The van der Waals surface area contributed by atoms with Crippen molar-refractivity contribution in [3.63, 3.8) is 0 Å². The van der Waals surface area contributed by atoms with Gasteiger partial charge in [0.1, 0.15) is 18.1 Å². The summed E-state index contributed by atoms with van der Waals surface area (Å²) in [7, 11) is -1.71. The van der Waals surface area contributed by atoms with E-state index in [4.69, 9.17) is 17.2 Å². The van der Waals surface area contributed by atoms with Crippen LogP contribution in [0.2, 0.25) is 0 Å². The maximum absolute atomic E-state index is 13.9. The third-order valence-electron chi connectivity index (χ3n) is 8.97. The highest BCUT2D eigenvalue weighted by molar-refractivity contribution is 6.45. The molecule has 11 N–H and O–H groups in total. The van der Waals surface area contributed by atoms with Crippen LogP contribution in [0.4, 0.5) is 0 Å². The summed E-state index contributed by atoms with van der Waals surface area (Å²) in [5.74, 6) is -1.86. The molecule has 1 heterocycles. The molecular formula is C35H54BN7O6. The van der Waals surface area contributed by atoms with Crippen molar-refractivity contribution in [2.24, 2.45) is 23.1 Å². The van der Waals surface area contributed by atoms with E-state index in [2.05, 4.69) is 16.0 Å². The SMILES string of the molecule is CC(C)C[C@@H](NC(=O)[C@@H](Cc1ccccc1)NC(=O)[C@H](N)Cc1ccccc1)C(=O)N[C@H](CCCCN)C(=O)N1CCC(N)(B(O)O)CC1. The zero-order chi connectivity index (χ0) is 36.0. The van der Waals surface area contributed by atoms with Gasteiger partial charge < -0.3 is 48.1 Å². The summed E-state index contributed by atoms with van der Waals surface area (Å²) in [6, 6.07) is 14.8. The summed E-state index contributed by atoms with van der Waals surface area (Å²) in [5.41, 5.74) is 18.5. The van der Waals surface area contributed by atoms with E-state index < -0.39 is 54.4 Å². The summed E-state index contributed by atoms with van der Waals surface area (Å²) in [5, 5.41) is 27.9. The van der Waals surface area contributed by atoms with E-state index in [1.54, 1.807) is 4.90 Å². The number of piperidine rings is 1. The maximum Gasteiger partial charge on any atom is 0.472 e. The third kappa shape index (κ3) is 12.5. The smallest absolute Gasteiger partial charge is 0.426 e. The van der Waals surface area contributed by atoms with Crippen molar-refractivity contribution < 1.29 is 29.2 Å². The number of nitrogens with two attached hydrogens (primary N) is 3. The fraction of sp³-hybridized carbons (Fsp3) is 0.543. The average molecular weight is 680 g/mol. The Labute approximate surface area is 289 Å². The zero-order valence-corrected chi connectivity index (χ0v) is 28.7. The van der Waals surface area contributed by atoms with Gasteiger partial charge in [-0.3, -0.25) is 19.2 Å². The van der Waals surface area contributed by atoms with Crippen LogP contribution in [-0.4, -0.2) is 94.9 Å². The van der Waals surface area contributed by atoms with Gasteiger partial charge in [0.2, 0.25) is 23.6 Å². The fourth-order valence-electron chi connectivity index (χ4n) is 5.92. The van der Waals surface area contributed by atoms with Gasteiger partial charge in [-0.2, -0.15) is 0 Å². The van der Waals surface area contributed by atoms with Crippen LogP contribution in [0.1, 0.15) is 63.5 Å². The van der Waals surface area contributed by atoms with Gasteiger partial charge in [-0.25, -0.2) is 0 Å². The molecule has 2 aromatic rings. The molecule has 268 valence electrons. The molecule has 1 fully saturated rings. The van der Waals surface area contributed by atoms with E-state index in [1.165, 1.54) is 0 Å². The summed E-state index contributed by atoms with van der Waals surface area (Å²) in [4.78, 5) is 56.2. The Hall–Kier alpha value is -3.82. The second-order valence-electron chi connectivity index (χ2n) is 13.5. The first kappa shape index (κ1) is 39.6. The number of hydrogen-bond acceptors (Lipinski definition) is 9. The Kier molecular flexibility index (Phi) is 15.7. The van der Waals surface area contributed by atoms with Gasteiger partial charge in [0.05, 0.1) is 11.5 Å². The molecule has 0 unspecified atom stereocenters. The van der Waals surface area contributed by atoms with Gasteiger partial charge in [0.25, 0.3) is 0 Å². The Morgan fingerprint density at radius 1 is 0.796 bits per heavy atom. The molecule has 3 rings (SSSR count). The molecule has 0 spiro atoms. The molecule has 4 atom stereocenters. The van der Waals surface area contributed by atoms with E-state index in [0.717, 1.165) is 11.1 Å². The summed E-state index contributed by atoms with van der Waals surface area (Å²) >= 11 is 0. The number of hydrogen-bond donors (Lipinski definition) is 8. The van der Waals surface area contributed by atoms with Crippen LogP contribution in [0.3, 0.4) is 0 Å². The van der Waals surface area contributed by atoms with Crippen LogP contribution in [0.5, 0.6) is 0 Å². The third-order valence-corrected chi connectivity index (χ3v) is 8.97. The quantitative estimate of drug-likeness (QED) is 0.0768. The van der Waals surface area contributed by atoms with Crippen molar-refractivity contribution >= 4 is 30.7 Å². The van der Waals surface area contributed by atoms with Gasteiger partial charge in [0.15, 0.2) is 0 Å². The fourth-order valence-corrected chi connectivity index (χ4v) is 5.92. The van der Waals surface area contributed by atoms with Crippen LogP contribution in [0.25, 0.3) is 0 Å². The van der Waals surface area contributed by atoms with E-state index >= 15 is 0 Å². The van der Waals surface area contributed by atoms with E-state index in [1.807, 2.05) is 74.5 Å². The lowest BCUT2D eigenvalue weighted by Crippen LogP contribution is -2.63. The van der Waals surface area contributed by atoms with Crippen molar-refractivity contribution in [3.05, 3.63) is 71.8 Å². The minimum absolute atomic E-state index is 0.00795. The topological polar surface area (TPSA) is 226 Å². The van der Waals surface area contributed by atoms with Crippen molar-refractivity contribution in [1.82, 2.24) is 20.9 Å². The number of unbranched alkanes of at least 4 members (excludes halogenated alkanes) is 1. The lowest BCUT2D eigenvalue weighted by Gasteiger charge is -2.40. The van der Waals surface area contributed by atoms with Crippen molar-refractivity contribution in [2.75, 3.05) is 19.6 Å². The van der Waals surface area contributed by atoms with Crippen LogP contribution in [-0.2, 0) is 32.0 Å². The number of likely N-dealkylation sites (tertiary alicyclic amines) is 1. The van der Waals surface area contributed by atoms with Gasteiger partial charge in [-0.15, -0.1) is 0 Å². The number of benzene rings is 2. The number of carbonyl (C=O) groups is 4. The molecule has 14 heteroatoms. The Bertz CT molecular complexity index is 1340. The van der Waals surface area contributed by atoms with Crippen molar-refractivity contribution in [3.8, 4) is 0 Å². The molecule has 1 aliphatic heterocycles. The lowest BCUT2D eigenvalue weighted by atomic mass is 9.60. The first-order chi connectivity index (χ1) is 23.3. The molecule has 0 bridgehead atoms. The molecule has 0 aromatic heterocycles. The lowest BCUT2D eigenvalue weighted by molar-refractivity contribution is -0.139. The maximum atomic E-state index is 13.9. The summed E-state index contributed by atoms with van der Waals surface area (Å²) in [6.07, 6.45) is 2.71. The Morgan fingerprint density at radius 3 is 1.84 bits per heavy atom. The molecule has 0 saturated carbocycles. The van der Waals surface area contributed by atoms with Gasteiger partial charge >= 0.3 is 7.12 Å². The van der Waals surface area contributed by atoms with Crippen molar-refractivity contribution in [2.45, 2.75) is 94.8 Å². The molecule has 4 amide bonds. The van der Waals surface area contributed by atoms with E-state index in [9.17, 15) is 29.2 Å². The Balaban J connectivity index is 1.76. The van der Waals surface area contributed by atoms with Gasteiger partial charge in [-0.1, -0.05) is 74.5 Å². The summed E-state index contributed by atoms with van der Waals surface area (Å²) < 4.78 is 0. The number of nitrogens with one attached hydrogen (secondary N) is 3. The van der Waals surface area contributed by atoms with Gasteiger partial charge in [-0.05, 0) is 68.5 Å². The molecule has 0 radical (unpaired) electrons. The van der Waals surface area contributed by atoms with Crippen LogP contribution in [0, 0.1) is 5.92 Å². The molecular weight excluding hydrogens is 625 g/mol. The first-order valence-corrected chi connectivity index (χ1v) is 17.2. The highest BCUT2D eigenvalue weighted by Gasteiger charge is 2.43. The van der Waals surface area contributed by atoms with E-state index in [-0.39, 0.29) is 57.0 Å². The predicted octanol–water partition coefficient (Wildman–Crippen LogP) is -0.239. The highest BCUT2D eigenvalue weighted by Crippen LogP contribution is 2.22. The van der Waals surface area contributed by atoms with Crippen LogP contribution in [0.15, 0.2) is 60.7 Å². The first-order valence-electron chi connectivity index (χ1n) is 17.2. The average Bonchev–Trinajstić information content (AvgIpc) is 3.07. The van der Waals surface area contributed by atoms with Crippen LogP contribution >= 0.6 is 0 Å². The van der Waals surface area contributed by atoms with Crippen molar-refractivity contribution in [1.29, 1.82) is 0 Å². The van der Waals surface area contributed by atoms with E-state index in [0.29, 0.717) is 25.8 Å². The normalized spacial score (nSPS) is 16.6. The predicted molar refractivity (Wildman–Crippen MR) is 189 cm³/mol. The molecule has 13 nitrogen and oxygen atoms in total. The minimum atomic E-state index is -1.71. The number of rotatable bonds is 18. The number of carbonyl (C=O) groups excluding carboxylic acids is 4. The van der Waals surface area contributed by atoms with Crippen LogP contribution < -0.4 is 33.2 Å². The molecule has 49 heavy (non-hydrogen) atoms. The molecule has 0 aliphatic carbocycles. The monoisotopic (exact) mass is 679 g/mol. The summed E-state index contributed by atoms with van der Waals surface area (Å²) in [6.45, 7) is 4.68. The largest absolute Gasteiger partial charge is 0.472 e. The Morgan fingerprint density at radius 2 is 1.31 bits per heavy atom. The number of amides is 4. The molecule has 2 aromatic carbocycles. The zero-order valence-electron chi connectivity index (χ0n) is 28.7. The highest BCUT2D eigenvalue weighted by atomic mass is 16.4. The molecule has 1 aliphatic rings. The molecule has 1 saturated heterocycles. The second-order valence-corrected chi connectivity index (χ2v) is 13.5. The second kappa shape index (κ2) is 19.4. The standard InChI is InChI=1S/C35H54BN7O6/c1-24(2)21-29(32(45)40-28(15-9-10-18-37)34(47)43-19-16-35(39,17-20-43)36(48)49)42-33(46)30(23-26-13-7-4-8-14-26)41-31(44)27(38)22-25-11-5-3-6-12-25/h3-8,11-14,24,27-30,48-49H,9-10,15-23,37-39H2,1-2H3,(H,40,45)(H,41,44)(H,42,46)/t27-,28-,29-,30-/m1/s1. The number of nitrogens with zero attached hydrogens (tertiary/aromatic N) is 1.